The van der Waals surface area contributed by atoms with E-state index in [-0.39, 0.29) is 35.4 Å². The lowest BCUT2D eigenvalue weighted by Gasteiger charge is -2.41. The summed E-state index contributed by atoms with van der Waals surface area (Å²) >= 11 is 0. The molecule has 0 aliphatic heterocycles. The van der Waals surface area contributed by atoms with Crippen molar-refractivity contribution in [2.45, 2.75) is 80.5 Å². The van der Waals surface area contributed by atoms with Crippen LogP contribution in [0.3, 0.4) is 0 Å². The van der Waals surface area contributed by atoms with Crippen LogP contribution in [0.2, 0.25) is 19.1 Å². The summed E-state index contributed by atoms with van der Waals surface area (Å²) in [5, 5.41) is 2.68. The van der Waals surface area contributed by atoms with Gasteiger partial charge in [0, 0.05) is 30.9 Å². The van der Waals surface area contributed by atoms with E-state index in [1.54, 1.807) is 66.7 Å². The molecule has 17 heteroatoms. The first-order valence-corrected chi connectivity index (χ1v) is 24.9. The molecule has 0 N–H and O–H groups in total. The Kier molecular flexibility index (Phi) is 16.0. The van der Waals surface area contributed by atoms with Crippen LogP contribution in [0, 0.1) is 0 Å². The Morgan fingerprint density at radius 3 is 1.52 bits per heavy atom. The molecule has 5 aromatic rings. The summed E-state index contributed by atoms with van der Waals surface area (Å²) in [7, 11) is -5.97. The van der Waals surface area contributed by atoms with E-state index in [0.717, 1.165) is 15.9 Å². The Morgan fingerprint density at radius 1 is 0.571 bits per heavy atom. The molecule has 0 heterocycles. The minimum Gasteiger partial charge on any atom is -1.00 e. The summed E-state index contributed by atoms with van der Waals surface area (Å²) in [5.74, 6) is -41.0. The van der Waals surface area contributed by atoms with Gasteiger partial charge >= 0.3 is 35.5 Å². The van der Waals surface area contributed by atoms with Crippen molar-refractivity contribution < 1.29 is 79.2 Å². The molecule has 5 aromatic carbocycles. The highest BCUT2D eigenvalue weighted by Gasteiger charge is 2.89. The third kappa shape index (κ3) is 10.4. The number of carbonyl (C=O) groups excluding carboxylic acids is 1. The van der Waals surface area contributed by atoms with Gasteiger partial charge in [-0.25, -0.2) is 0 Å². The molecule has 0 radical (unpaired) electrons. The van der Waals surface area contributed by atoms with Gasteiger partial charge in [0.1, 0.15) is 28.9 Å². The standard InChI is InChI=1S/C46H44F12O2PSi.BrH/c1-41(47,48)43(51,52)45(55,56)46(57,58)44(53,54)42(49,50)28-31-62(2,3)32-35-18-13-14-23-39(35)61(37-19-9-5-10-20-37,38-21-11-6-12-22-38)30-15-29-60-36-26-24-34(25-27-36)40(59)33-16-7-4-8-17-33;/h4-14,16-27H,15,28-32H2,1-3H3;1H/q+1;/p-1. The fourth-order valence-corrected chi connectivity index (χ4v) is 14.5. The van der Waals surface area contributed by atoms with Crippen LogP contribution in [-0.2, 0) is 6.04 Å². The first-order chi connectivity index (χ1) is 28.8. The monoisotopic (exact) mass is 994 g/mol. The maximum Gasteiger partial charge on any atom is 0.384 e. The van der Waals surface area contributed by atoms with Gasteiger partial charge in [0.15, 0.2) is 5.78 Å². The molecule has 0 aliphatic carbocycles. The van der Waals surface area contributed by atoms with Gasteiger partial charge in [0.2, 0.25) is 0 Å². The second-order valence-electron chi connectivity index (χ2n) is 16.0. The van der Waals surface area contributed by atoms with E-state index in [1.165, 1.54) is 13.1 Å². The molecular weight excluding hydrogens is 951 g/mol. The summed E-state index contributed by atoms with van der Waals surface area (Å²) in [6.45, 7) is 2.35. The molecule has 0 aliphatic rings. The fourth-order valence-electron chi connectivity index (χ4n) is 7.31. The maximum absolute atomic E-state index is 15.1. The smallest absolute Gasteiger partial charge is 0.384 e. The highest BCUT2D eigenvalue weighted by Crippen LogP contribution is 2.61. The van der Waals surface area contributed by atoms with Crippen molar-refractivity contribution in [3.05, 3.63) is 156 Å². The molecule has 0 aromatic heterocycles. The maximum atomic E-state index is 15.1. The summed E-state index contributed by atoms with van der Waals surface area (Å²) in [4.78, 5) is 12.9. The van der Waals surface area contributed by atoms with E-state index in [1.807, 2.05) is 72.8 Å². The number of rotatable bonds is 20. The van der Waals surface area contributed by atoms with Crippen LogP contribution in [0.4, 0.5) is 52.7 Å². The fraction of sp³-hybridized carbons (Fsp3) is 0.326. The van der Waals surface area contributed by atoms with Crippen LogP contribution in [0.15, 0.2) is 140 Å². The van der Waals surface area contributed by atoms with Crippen molar-refractivity contribution in [1.82, 2.24) is 0 Å². The molecule has 0 unspecified atom stereocenters. The van der Waals surface area contributed by atoms with Crippen LogP contribution < -0.4 is 37.6 Å². The molecule has 0 saturated carbocycles. The normalized spacial score (nSPS) is 13.3. The van der Waals surface area contributed by atoms with E-state index in [9.17, 15) is 48.7 Å². The molecule has 0 bridgehead atoms. The molecule has 0 amide bonds. The number of alkyl halides is 12. The quantitative estimate of drug-likeness (QED) is 0.0256. The number of ketones is 1. The molecule has 340 valence electrons. The number of benzene rings is 5. The molecule has 0 atom stereocenters. The molecule has 0 spiro atoms. The third-order valence-electron chi connectivity index (χ3n) is 10.8. The van der Waals surface area contributed by atoms with Gasteiger partial charge in [-0.2, -0.15) is 52.7 Å². The van der Waals surface area contributed by atoms with Crippen LogP contribution >= 0.6 is 7.26 Å². The van der Waals surface area contributed by atoms with Gasteiger partial charge in [-0.3, -0.25) is 4.79 Å². The summed E-state index contributed by atoms with van der Waals surface area (Å²) in [6.07, 6.45) is -1.11. The predicted octanol–water partition coefficient (Wildman–Crippen LogP) is 9.70. The van der Waals surface area contributed by atoms with Crippen molar-refractivity contribution in [1.29, 1.82) is 0 Å². The van der Waals surface area contributed by atoms with E-state index in [4.69, 9.17) is 4.74 Å². The lowest BCUT2D eigenvalue weighted by atomic mass is 9.91. The van der Waals surface area contributed by atoms with E-state index in [0.29, 0.717) is 35.0 Å². The van der Waals surface area contributed by atoms with Crippen LogP contribution in [0.25, 0.3) is 0 Å². The van der Waals surface area contributed by atoms with Gasteiger partial charge in [0.05, 0.1) is 20.8 Å². The molecule has 63 heavy (non-hydrogen) atoms. The minimum atomic E-state index is -7.57. The lowest BCUT2D eigenvalue weighted by Crippen LogP contribution is -3.00. The molecular formula is C46H44BrF12O2PSi. The van der Waals surface area contributed by atoms with Gasteiger partial charge in [-0.15, -0.1) is 0 Å². The van der Waals surface area contributed by atoms with E-state index in [2.05, 4.69) is 0 Å². The second kappa shape index (κ2) is 19.5. The number of carbonyl (C=O) groups is 1. The average Bonchev–Trinajstić information content (AvgIpc) is 3.23. The topological polar surface area (TPSA) is 26.3 Å². The second-order valence-corrected chi connectivity index (χ2v) is 24.7. The highest BCUT2D eigenvalue weighted by atomic mass is 79.9. The first-order valence-electron chi connectivity index (χ1n) is 19.5. The zero-order valence-electron chi connectivity index (χ0n) is 34.2. The Balaban J connectivity index is 0.00000871. The van der Waals surface area contributed by atoms with Crippen molar-refractivity contribution >= 4 is 37.0 Å². The predicted molar refractivity (Wildman–Crippen MR) is 222 cm³/mol. The van der Waals surface area contributed by atoms with Crippen molar-refractivity contribution in [2.24, 2.45) is 0 Å². The summed E-state index contributed by atoms with van der Waals surface area (Å²) in [6, 6.07) is 40.7. The van der Waals surface area contributed by atoms with E-state index < -0.39 is 70.3 Å². The molecule has 2 nitrogen and oxygen atoms in total. The van der Waals surface area contributed by atoms with Gasteiger partial charge in [-0.1, -0.05) is 104 Å². The third-order valence-corrected chi connectivity index (χ3v) is 18.4. The first kappa shape index (κ1) is 51.5. The number of hydrogen-bond donors (Lipinski definition) is 0. The van der Waals surface area contributed by atoms with Gasteiger partial charge in [-0.05, 0) is 66.2 Å². The zero-order chi connectivity index (χ0) is 45.8. The number of ether oxygens (including phenoxy) is 1. The molecule has 0 fully saturated rings. The van der Waals surface area contributed by atoms with Crippen LogP contribution in [-0.4, -0.2) is 62.2 Å². The summed E-state index contributed by atoms with van der Waals surface area (Å²) in [5.41, 5.74) is 1.66. The van der Waals surface area contributed by atoms with Gasteiger partial charge in [0.25, 0.3) is 0 Å². The Morgan fingerprint density at radius 2 is 1.02 bits per heavy atom. The highest BCUT2D eigenvalue weighted by molar-refractivity contribution is 7.95. The molecule has 5 rings (SSSR count). The zero-order valence-corrected chi connectivity index (χ0v) is 37.7. The average molecular weight is 996 g/mol. The van der Waals surface area contributed by atoms with Crippen molar-refractivity contribution in [2.75, 3.05) is 12.8 Å². The van der Waals surface area contributed by atoms with E-state index >= 15 is 8.78 Å². The van der Waals surface area contributed by atoms with Crippen LogP contribution in [0.5, 0.6) is 5.75 Å². The Hall–Kier alpha value is -4.14. The lowest BCUT2D eigenvalue weighted by molar-refractivity contribution is -0.423. The van der Waals surface area contributed by atoms with Crippen molar-refractivity contribution in [3.8, 4) is 5.75 Å². The van der Waals surface area contributed by atoms with Crippen molar-refractivity contribution in [3.63, 3.8) is 0 Å². The molecule has 0 saturated heterocycles. The number of hydrogen-bond acceptors (Lipinski definition) is 2. The van der Waals surface area contributed by atoms with Gasteiger partial charge < -0.3 is 21.7 Å². The SMILES string of the molecule is CC(F)(F)C(F)(F)C(F)(F)C(F)(F)C(F)(F)C(F)(F)CC[Si](C)(C)Cc1ccccc1[P+](CCCOc1ccc(C(=O)c2ccccc2)cc1)(c1ccccc1)c1ccccc1.[Br-]. The Bertz CT molecular complexity index is 2220. The summed E-state index contributed by atoms with van der Waals surface area (Å²) < 4.78 is 178. The minimum absolute atomic E-state index is 0. The van der Waals surface area contributed by atoms with Crippen LogP contribution in [0.1, 0.15) is 41.3 Å². The number of halogens is 13. The Labute approximate surface area is 370 Å². The largest absolute Gasteiger partial charge is 1.00 e.